The fraction of sp³-hybridized carbons (Fsp3) is 0.105. The van der Waals surface area contributed by atoms with Gasteiger partial charge in [-0.05, 0) is 36.4 Å². The van der Waals surface area contributed by atoms with E-state index in [0.29, 0.717) is 42.3 Å². The molecule has 0 saturated heterocycles. The summed E-state index contributed by atoms with van der Waals surface area (Å²) >= 11 is 0. The lowest BCUT2D eigenvalue weighted by molar-refractivity contribution is 0.517. The van der Waals surface area contributed by atoms with Gasteiger partial charge in [0.15, 0.2) is 0 Å². The molecule has 11 heteroatoms. The third kappa shape index (κ3) is 5.46. The van der Waals surface area contributed by atoms with Gasteiger partial charge in [-0.3, -0.25) is 0 Å². The quantitative estimate of drug-likeness (QED) is 0.383. The summed E-state index contributed by atoms with van der Waals surface area (Å²) in [4.78, 5) is 17.1. The summed E-state index contributed by atoms with van der Waals surface area (Å²) in [5.41, 5.74) is 0.969. The van der Waals surface area contributed by atoms with Gasteiger partial charge in [0.25, 0.3) is 0 Å². The zero-order chi connectivity index (χ0) is 19.9. The van der Waals surface area contributed by atoms with Crippen LogP contribution < -0.4 is 16.0 Å². The van der Waals surface area contributed by atoms with Gasteiger partial charge in [-0.25, -0.2) is 4.98 Å². The molecule has 4 aromatic heterocycles. The maximum atomic E-state index is 8.87. The van der Waals surface area contributed by atoms with Crippen LogP contribution in [0.1, 0.15) is 17.2 Å². The number of rotatable bonds is 8. The number of aromatic nitrogens is 4. The molecular weight excluding hydrogens is 408 g/mol. The van der Waals surface area contributed by atoms with E-state index >= 15 is 0 Å². The molecule has 152 valence electrons. The van der Waals surface area contributed by atoms with Crippen LogP contribution in [0.25, 0.3) is 0 Å². The predicted molar refractivity (Wildman–Crippen MR) is 111 cm³/mol. The van der Waals surface area contributed by atoms with Crippen molar-refractivity contribution in [1.29, 1.82) is 5.26 Å². The third-order valence-electron chi connectivity index (χ3n) is 3.77. The molecule has 0 saturated carbocycles. The summed E-state index contributed by atoms with van der Waals surface area (Å²) in [5, 5.41) is 18.1. The second-order valence-corrected chi connectivity index (χ2v) is 5.84. The number of nitrogens with one attached hydrogen (secondary N) is 3. The first-order valence-corrected chi connectivity index (χ1v) is 8.70. The van der Waals surface area contributed by atoms with E-state index in [1.54, 1.807) is 24.7 Å². The van der Waals surface area contributed by atoms with E-state index in [0.717, 1.165) is 11.5 Å². The average Bonchev–Trinajstić information content (AvgIpc) is 3.45. The number of nitrogens with zero attached hydrogens (tertiary/aromatic N) is 5. The zero-order valence-electron chi connectivity index (χ0n) is 15.6. The molecule has 0 aromatic carbocycles. The largest absolute Gasteiger partial charge is 0.467 e. The lowest BCUT2D eigenvalue weighted by Gasteiger charge is -2.10. The van der Waals surface area contributed by atoms with Crippen molar-refractivity contribution >= 4 is 35.9 Å². The van der Waals surface area contributed by atoms with Crippen LogP contribution in [0.2, 0.25) is 0 Å². The Balaban J connectivity index is 0.00000256. The molecule has 4 heterocycles. The van der Waals surface area contributed by atoms with E-state index in [-0.39, 0.29) is 12.4 Å². The van der Waals surface area contributed by atoms with E-state index in [4.69, 9.17) is 14.1 Å². The fourth-order valence-corrected chi connectivity index (χ4v) is 2.41. The Morgan fingerprint density at radius 1 is 0.833 bits per heavy atom. The number of halogens is 1. The second kappa shape index (κ2) is 9.90. The van der Waals surface area contributed by atoms with Gasteiger partial charge in [0.1, 0.15) is 23.3 Å². The summed E-state index contributed by atoms with van der Waals surface area (Å²) in [7, 11) is 0. The van der Waals surface area contributed by atoms with Crippen molar-refractivity contribution in [1.82, 2.24) is 19.9 Å². The van der Waals surface area contributed by atoms with Crippen molar-refractivity contribution in [3.8, 4) is 6.07 Å². The summed E-state index contributed by atoms with van der Waals surface area (Å²) in [6, 6.07) is 12.6. The van der Waals surface area contributed by atoms with E-state index in [1.165, 1.54) is 6.20 Å². The Morgan fingerprint density at radius 3 is 1.90 bits per heavy atom. The first-order valence-electron chi connectivity index (χ1n) is 8.70. The first-order chi connectivity index (χ1) is 14.3. The van der Waals surface area contributed by atoms with Gasteiger partial charge in [-0.15, -0.1) is 12.4 Å². The minimum atomic E-state index is 0. The summed E-state index contributed by atoms with van der Waals surface area (Å²) in [5.74, 6) is 2.54. The Kier molecular flexibility index (Phi) is 6.81. The molecule has 0 amide bonds. The third-order valence-corrected chi connectivity index (χ3v) is 3.77. The Bertz CT molecular complexity index is 1040. The molecule has 0 aliphatic carbocycles. The van der Waals surface area contributed by atoms with Crippen LogP contribution in [-0.4, -0.2) is 19.9 Å². The van der Waals surface area contributed by atoms with E-state index in [9.17, 15) is 0 Å². The van der Waals surface area contributed by atoms with Gasteiger partial charge in [-0.1, -0.05) is 0 Å². The molecule has 0 radical (unpaired) electrons. The average molecular weight is 425 g/mol. The minimum Gasteiger partial charge on any atom is -0.467 e. The highest BCUT2D eigenvalue weighted by atomic mass is 35.5. The van der Waals surface area contributed by atoms with Crippen molar-refractivity contribution in [3.05, 3.63) is 72.3 Å². The Labute approximate surface area is 177 Å². The van der Waals surface area contributed by atoms with Crippen molar-refractivity contribution in [2.75, 3.05) is 16.0 Å². The number of hydrogen-bond donors (Lipinski definition) is 3. The molecule has 0 aliphatic heterocycles. The molecule has 4 aromatic rings. The SMILES string of the molecule is Cl.N#Cc1ccc(Nc2nc(NCc3ccco3)nc(NCc3ccco3)n2)cn1. The van der Waals surface area contributed by atoms with Crippen LogP contribution in [0, 0.1) is 11.3 Å². The van der Waals surface area contributed by atoms with Crippen LogP contribution in [-0.2, 0) is 13.1 Å². The van der Waals surface area contributed by atoms with Gasteiger partial charge in [0, 0.05) is 0 Å². The standard InChI is InChI=1S/C19H16N8O2.ClH/c20-9-13-5-6-14(10-21-13)24-19-26-17(22-11-15-3-1-7-28-15)25-18(27-19)23-12-16-4-2-8-29-16;/h1-8,10H,11-12H2,(H3,22,23,24,25,26,27);1H. The molecule has 3 N–H and O–H groups in total. The van der Waals surface area contributed by atoms with Gasteiger partial charge < -0.3 is 24.8 Å². The van der Waals surface area contributed by atoms with E-state index in [1.807, 2.05) is 30.3 Å². The normalized spacial score (nSPS) is 9.97. The topological polar surface area (TPSA) is 138 Å². The maximum absolute atomic E-state index is 8.87. The molecule has 30 heavy (non-hydrogen) atoms. The molecule has 4 rings (SSSR count). The highest BCUT2D eigenvalue weighted by molar-refractivity contribution is 5.85. The lowest BCUT2D eigenvalue weighted by atomic mass is 10.3. The van der Waals surface area contributed by atoms with Crippen LogP contribution in [0.3, 0.4) is 0 Å². The Morgan fingerprint density at radius 2 is 1.43 bits per heavy atom. The highest BCUT2D eigenvalue weighted by Crippen LogP contribution is 2.16. The van der Waals surface area contributed by atoms with Crippen LogP contribution in [0.15, 0.2) is 64.0 Å². The zero-order valence-corrected chi connectivity index (χ0v) is 16.4. The molecule has 10 nitrogen and oxygen atoms in total. The van der Waals surface area contributed by atoms with Crippen LogP contribution in [0.4, 0.5) is 23.5 Å². The van der Waals surface area contributed by atoms with Gasteiger partial charge in [0.05, 0.1) is 37.5 Å². The van der Waals surface area contributed by atoms with Gasteiger partial charge in [0.2, 0.25) is 17.8 Å². The van der Waals surface area contributed by atoms with Crippen molar-refractivity contribution < 1.29 is 8.83 Å². The summed E-state index contributed by atoms with van der Waals surface area (Å²) in [6.07, 6.45) is 4.74. The van der Waals surface area contributed by atoms with Crippen molar-refractivity contribution in [2.45, 2.75) is 13.1 Å². The second-order valence-electron chi connectivity index (χ2n) is 5.84. The molecular formula is C19H17ClN8O2. The number of hydrogen-bond acceptors (Lipinski definition) is 10. The van der Waals surface area contributed by atoms with Crippen molar-refractivity contribution in [3.63, 3.8) is 0 Å². The van der Waals surface area contributed by atoms with Crippen LogP contribution >= 0.6 is 12.4 Å². The fourth-order valence-electron chi connectivity index (χ4n) is 2.41. The molecule has 0 fully saturated rings. The van der Waals surface area contributed by atoms with Crippen molar-refractivity contribution in [2.24, 2.45) is 0 Å². The number of nitriles is 1. The molecule has 0 unspecified atom stereocenters. The van der Waals surface area contributed by atoms with E-state index < -0.39 is 0 Å². The van der Waals surface area contributed by atoms with Gasteiger partial charge >= 0.3 is 0 Å². The molecule has 0 atom stereocenters. The molecule has 0 aliphatic rings. The maximum Gasteiger partial charge on any atom is 0.233 e. The highest BCUT2D eigenvalue weighted by Gasteiger charge is 2.09. The van der Waals surface area contributed by atoms with Crippen LogP contribution in [0.5, 0.6) is 0 Å². The first kappa shape index (κ1) is 20.6. The number of anilines is 4. The lowest BCUT2D eigenvalue weighted by Crippen LogP contribution is -2.11. The molecule has 0 bridgehead atoms. The minimum absolute atomic E-state index is 0. The van der Waals surface area contributed by atoms with Gasteiger partial charge in [-0.2, -0.15) is 20.2 Å². The number of furan rings is 2. The smallest absolute Gasteiger partial charge is 0.233 e. The summed E-state index contributed by atoms with van der Waals surface area (Å²) < 4.78 is 10.6. The summed E-state index contributed by atoms with van der Waals surface area (Å²) in [6.45, 7) is 0.846. The molecule has 0 spiro atoms. The Hall–Kier alpha value is -4.10. The number of pyridine rings is 1. The monoisotopic (exact) mass is 424 g/mol. The predicted octanol–water partition coefficient (Wildman–Crippen LogP) is 3.71. The van der Waals surface area contributed by atoms with E-state index in [2.05, 4.69) is 35.9 Å².